The quantitative estimate of drug-likeness (QED) is 0.580. The van der Waals surface area contributed by atoms with E-state index in [0.717, 1.165) is 12.8 Å². The van der Waals surface area contributed by atoms with Gasteiger partial charge in [-0.15, -0.1) is 0 Å². The highest BCUT2D eigenvalue weighted by Crippen LogP contribution is 2.16. The molecule has 0 aromatic heterocycles. The largest absolute Gasteiger partial charge is 0.396 e. The van der Waals surface area contributed by atoms with E-state index in [9.17, 15) is 9.18 Å². The van der Waals surface area contributed by atoms with E-state index in [2.05, 4.69) is 12.2 Å². The molecule has 0 radical (unpaired) electrons. The highest BCUT2D eigenvalue weighted by molar-refractivity contribution is 5.91. The standard InChI is InChI=1S/C13H19FN2O2/c1-2-3-7-18-8-6-13(17)16-10-4-5-11(14)12(15)9-10/h4-5,9H,2-3,6-8,15H2,1H3,(H,16,17). The van der Waals surface area contributed by atoms with E-state index in [-0.39, 0.29) is 18.0 Å². The lowest BCUT2D eigenvalue weighted by atomic mass is 10.2. The number of unbranched alkanes of at least 4 members (excludes halogenated alkanes) is 1. The van der Waals surface area contributed by atoms with E-state index >= 15 is 0 Å². The maximum Gasteiger partial charge on any atom is 0.226 e. The summed E-state index contributed by atoms with van der Waals surface area (Å²) in [7, 11) is 0. The number of rotatable bonds is 7. The molecule has 5 heteroatoms. The third-order valence-corrected chi connectivity index (χ3v) is 2.40. The summed E-state index contributed by atoms with van der Waals surface area (Å²) in [5.41, 5.74) is 5.91. The minimum Gasteiger partial charge on any atom is -0.396 e. The van der Waals surface area contributed by atoms with E-state index < -0.39 is 5.82 Å². The molecule has 0 saturated heterocycles. The Morgan fingerprint density at radius 1 is 1.44 bits per heavy atom. The van der Waals surface area contributed by atoms with Crippen molar-refractivity contribution in [3.05, 3.63) is 24.0 Å². The first kappa shape index (κ1) is 14.4. The Morgan fingerprint density at radius 2 is 2.22 bits per heavy atom. The summed E-state index contributed by atoms with van der Waals surface area (Å²) in [5.74, 6) is -0.659. The van der Waals surface area contributed by atoms with Crippen molar-refractivity contribution in [2.45, 2.75) is 26.2 Å². The van der Waals surface area contributed by atoms with Crippen molar-refractivity contribution in [2.24, 2.45) is 0 Å². The highest BCUT2D eigenvalue weighted by Gasteiger charge is 2.04. The summed E-state index contributed by atoms with van der Waals surface area (Å²) in [6, 6.07) is 4.09. The molecular formula is C13H19FN2O2. The molecular weight excluding hydrogens is 235 g/mol. The number of carbonyl (C=O) groups is 1. The van der Waals surface area contributed by atoms with Gasteiger partial charge in [-0.05, 0) is 24.6 Å². The summed E-state index contributed by atoms with van der Waals surface area (Å²) < 4.78 is 18.2. The topological polar surface area (TPSA) is 64.3 Å². The van der Waals surface area contributed by atoms with Crippen LogP contribution in [0.4, 0.5) is 15.8 Å². The predicted octanol–water partition coefficient (Wildman–Crippen LogP) is 2.55. The molecule has 4 nitrogen and oxygen atoms in total. The molecule has 0 unspecified atom stereocenters. The molecule has 1 aromatic rings. The number of ether oxygens (including phenoxy) is 1. The summed E-state index contributed by atoms with van der Waals surface area (Å²) in [4.78, 5) is 11.5. The first-order chi connectivity index (χ1) is 8.63. The van der Waals surface area contributed by atoms with Crippen molar-refractivity contribution >= 4 is 17.3 Å². The molecule has 0 saturated carbocycles. The summed E-state index contributed by atoms with van der Waals surface area (Å²) in [6.07, 6.45) is 2.35. The lowest BCUT2D eigenvalue weighted by molar-refractivity contribution is -0.117. The van der Waals surface area contributed by atoms with Gasteiger partial charge >= 0.3 is 0 Å². The zero-order valence-electron chi connectivity index (χ0n) is 10.5. The van der Waals surface area contributed by atoms with Gasteiger partial charge in [0.1, 0.15) is 5.82 Å². The zero-order valence-corrected chi connectivity index (χ0v) is 10.5. The summed E-state index contributed by atoms with van der Waals surface area (Å²) >= 11 is 0. The van der Waals surface area contributed by atoms with Gasteiger partial charge in [-0.1, -0.05) is 13.3 Å². The molecule has 0 aliphatic rings. The van der Waals surface area contributed by atoms with Crippen molar-refractivity contribution in [3.8, 4) is 0 Å². The van der Waals surface area contributed by atoms with Crippen molar-refractivity contribution in [3.63, 3.8) is 0 Å². The first-order valence-corrected chi connectivity index (χ1v) is 6.06. The van der Waals surface area contributed by atoms with Crippen LogP contribution in [0.3, 0.4) is 0 Å². The molecule has 0 aliphatic heterocycles. The van der Waals surface area contributed by atoms with E-state index in [0.29, 0.717) is 18.9 Å². The number of anilines is 2. The van der Waals surface area contributed by atoms with E-state index in [1.165, 1.54) is 18.2 Å². The van der Waals surface area contributed by atoms with Crippen LogP contribution in [0.5, 0.6) is 0 Å². The Hall–Kier alpha value is -1.62. The van der Waals surface area contributed by atoms with Gasteiger partial charge in [0, 0.05) is 12.3 Å². The van der Waals surface area contributed by atoms with Crippen molar-refractivity contribution in [1.82, 2.24) is 0 Å². The van der Waals surface area contributed by atoms with Crippen LogP contribution in [0.1, 0.15) is 26.2 Å². The van der Waals surface area contributed by atoms with Gasteiger partial charge in [0.15, 0.2) is 0 Å². The Labute approximate surface area is 106 Å². The Morgan fingerprint density at radius 3 is 2.89 bits per heavy atom. The smallest absolute Gasteiger partial charge is 0.226 e. The number of amides is 1. The van der Waals surface area contributed by atoms with Gasteiger partial charge in [-0.2, -0.15) is 0 Å². The van der Waals surface area contributed by atoms with Gasteiger partial charge < -0.3 is 15.8 Å². The highest BCUT2D eigenvalue weighted by atomic mass is 19.1. The lowest BCUT2D eigenvalue weighted by Crippen LogP contribution is -2.14. The molecule has 1 aromatic carbocycles. The maximum atomic E-state index is 12.9. The number of hydrogen-bond acceptors (Lipinski definition) is 3. The number of hydrogen-bond donors (Lipinski definition) is 2. The number of halogens is 1. The van der Waals surface area contributed by atoms with E-state index in [1.807, 2.05) is 0 Å². The SMILES string of the molecule is CCCCOCCC(=O)Nc1ccc(F)c(N)c1. The van der Waals surface area contributed by atoms with Gasteiger partial charge in [-0.25, -0.2) is 4.39 Å². The van der Waals surface area contributed by atoms with Crippen LogP contribution in [0.2, 0.25) is 0 Å². The fourth-order valence-electron chi connectivity index (χ4n) is 1.36. The van der Waals surface area contributed by atoms with Crippen LogP contribution in [0.15, 0.2) is 18.2 Å². The fraction of sp³-hybridized carbons (Fsp3) is 0.462. The van der Waals surface area contributed by atoms with Gasteiger partial charge in [-0.3, -0.25) is 4.79 Å². The number of nitrogens with two attached hydrogens (primary N) is 1. The monoisotopic (exact) mass is 254 g/mol. The van der Waals surface area contributed by atoms with Crippen LogP contribution in [0.25, 0.3) is 0 Å². The fourth-order valence-corrected chi connectivity index (χ4v) is 1.36. The predicted molar refractivity (Wildman–Crippen MR) is 69.8 cm³/mol. The lowest BCUT2D eigenvalue weighted by Gasteiger charge is -2.07. The normalized spacial score (nSPS) is 10.3. The minimum absolute atomic E-state index is 0.0204. The average molecular weight is 254 g/mol. The Kier molecular flexibility index (Phi) is 6.14. The van der Waals surface area contributed by atoms with Gasteiger partial charge in [0.25, 0.3) is 0 Å². The molecule has 0 aliphatic carbocycles. The third kappa shape index (κ3) is 5.14. The molecule has 18 heavy (non-hydrogen) atoms. The third-order valence-electron chi connectivity index (χ3n) is 2.40. The van der Waals surface area contributed by atoms with Crippen LogP contribution in [-0.2, 0) is 9.53 Å². The van der Waals surface area contributed by atoms with Crippen LogP contribution in [0, 0.1) is 5.82 Å². The molecule has 0 spiro atoms. The molecule has 1 rings (SSSR count). The average Bonchev–Trinajstić information content (AvgIpc) is 2.34. The van der Waals surface area contributed by atoms with Crippen LogP contribution < -0.4 is 11.1 Å². The number of nitrogen functional groups attached to an aromatic ring is 1. The summed E-state index contributed by atoms with van der Waals surface area (Å²) in [6.45, 7) is 3.14. The second-order valence-corrected chi connectivity index (χ2v) is 4.00. The molecule has 100 valence electrons. The van der Waals surface area contributed by atoms with E-state index in [1.54, 1.807) is 0 Å². The minimum atomic E-state index is -0.490. The van der Waals surface area contributed by atoms with Crippen LogP contribution >= 0.6 is 0 Å². The molecule has 1 amide bonds. The Bertz CT molecular complexity index is 397. The van der Waals surface area contributed by atoms with Crippen molar-refractivity contribution in [1.29, 1.82) is 0 Å². The molecule has 0 fully saturated rings. The molecule has 0 atom stereocenters. The number of benzene rings is 1. The second kappa shape index (κ2) is 7.66. The molecule has 3 N–H and O–H groups in total. The molecule has 0 bridgehead atoms. The molecule has 0 heterocycles. The van der Waals surface area contributed by atoms with Gasteiger partial charge in [0.05, 0.1) is 18.7 Å². The maximum absolute atomic E-state index is 12.9. The number of nitrogens with one attached hydrogen (secondary N) is 1. The van der Waals surface area contributed by atoms with Gasteiger partial charge in [0.2, 0.25) is 5.91 Å². The second-order valence-electron chi connectivity index (χ2n) is 4.00. The number of carbonyl (C=O) groups excluding carboxylic acids is 1. The van der Waals surface area contributed by atoms with E-state index in [4.69, 9.17) is 10.5 Å². The first-order valence-electron chi connectivity index (χ1n) is 6.06. The summed E-state index contributed by atoms with van der Waals surface area (Å²) in [5, 5.41) is 2.64. The Balaban J connectivity index is 2.29. The van der Waals surface area contributed by atoms with Crippen LogP contribution in [-0.4, -0.2) is 19.1 Å². The van der Waals surface area contributed by atoms with Crippen molar-refractivity contribution in [2.75, 3.05) is 24.3 Å². The van der Waals surface area contributed by atoms with Crippen molar-refractivity contribution < 1.29 is 13.9 Å². The zero-order chi connectivity index (χ0) is 13.4.